The molecule has 4 saturated carbocycles. The van der Waals surface area contributed by atoms with E-state index in [0.717, 1.165) is 58.0 Å². The van der Waals surface area contributed by atoms with Gasteiger partial charge in [0.25, 0.3) is 0 Å². The van der Waals surface area contributed by atoms with Gasteiger partial charge in [0.15, 0.2) is 0 Å². The number of fused-ring (bicyclic) bond motifs is 5. The molecule has 3 N–H and O–H groups in total. The first-order valence-electron chi connectivity index (χ1n) is 12.3. The third-order valence-electron chi connectivity index (χ3n) is 10.5. The van der Waals surface area contributed by atoms with Crippen molar-refractivity contribution in [3.63, 3.8) is 0 Å². The van der Waals surface area contributed by atoms with Gasteiger partial charge in [-0.05, 0) is 104 Å². The van der Waals surface area contributed by atoms with Crippen molar-refractivity contribution in [1.29, 1.82) is 0 Å². The Balaban J connectivity index is 1.58. The van der Waals surface area contributed by atoms with Crippen molar-refractivity contribution in [3.05, 3.63) is 0 Å². The molecule has 4 aliphatic rings. The summed E-state index contributed by atoms with van der Waals surface area (Å²) in [5.41, 5.74) is 0.0830. The van der Waals surface area contributed by atoms with Crippen LogP contribution in [-0.2, 0) is 4.74 Å². The van der Waals surface area contributed by atoms with Gasteiger partial charge in [-0.1, -0.05) is 20.8 Å². The number of ether oxygens (including phenoxy) is 1. The number of rotatable bonds is 5. The summed E-state index contributed by atoms with van der Waals surface area (Å²) in [5, 5.41) is 33.1. The van der Waals surface area contributed by atoms with E-state index in [2.05, 4.69) is 20.8 Å². The average Bonchev–Trinajstić information content (AvgIpc) is 3.03. The standard InChI is InChI=1S/C25H44O4/c1-15(6-5-11-29-4)18-7-8-19-23-20(14-22(28)25(18,19)3)24(2)10-9-17(26)12-16(24)13-21(23)27/h15-23,26-28H,5-14H2,1-4H3/t15?,16?,17-,18?,19?,20?,21-,22+,23?,24+,25-/m1/s1. The average molecular weight is 409 g/mol. The fraction of sp³-hybridized carbons (Fsp3) is 1.00. The van der Waals surface area contributed by atoms with Gasteiger partial charge < -0.3 is 20.1 Å². The number of aliphatic hydroxyl groups is 3. The molecule has 4 heteroatoms. The van der Waals surface area contributed by atoms with E-state index in [0.29, 0.717) is 35.5 Å². The number of hydrogen-bond donors (Lipinski definition) is 3. The van der Waals surface area contributed by atoms with Crippen molar-refractivity contribution in [2.75, 3.05) is 13.7 Å². The second-order valence-corrected chi connectivity index (χ2v) is 11.6. The van der Waals surface area contributed by atoms with E-state index in [1.165, 1.54) is 6.42 Å². The van der Waals surface area contributed by atoms with Crippen molar-refractivity contribution in [2.24, 2.45) is 46.3 Å². The molecule has 0 radical (unpaired) electrons. The fourth-order valence-electron chi connectivity index (χ4n) is 8.88. The van der Waals surface area contributed by atoms with Gasteiger partial charge >= 0.3 is 0 Å². The molecule has 0 aromatic heterocycles. The van der Waals surface area contributed by atoms with Crippen LogP contribution in [0.2, 0.25) is 0 Å². The summed E-state index contributed by atoms with van der Waals surface area (Å²) < 4.78 is 5.26. The monoisotopic (exact) mass is 408 g/mol. The molecule has 0 spiro atoms. The Kier molecular flexibility index (Phi) is 6.14. The van der Waals surface area contributed by atoms with Gasteiger partial charge in [0, 0.05) is 13.7 Å². The maximum Gasteiger partial charge on any atom is 0.0602 e. The third kappa shape index (κ3) is 3.41. The van der Waals surface area contributed by atoms with E-state index in [1.807, 2.05) is 0 Å². The van der Waals surface area contributed by atoms with Crippen LogP contribution in [-0.4, -0.2) is 47.3 Å². The minimum atomic E-state index is -0.277. The molecule has 0 aliphatic heterocycles. The fourth-order valence-corrected chi connectivity index (χ4v) is 8.88. The highest BCUT2D eigenvalue weighted by molar-refractivity contribution is 5.14. The maximum atomic E-state index is 11.6. The molecule has 0 aromatic carbocycles. The minimum absolute atomic E-state index is 0.0774. The highest BCUT2D eigenvalue weighted by atomic mass is 16.5. The molecule has 0 aromatic rings. The molecule has 4 nitrogen and oxygen atoms in total. The summed E-state index contributed by atoms with van der Waals surface area (Å²) >= 11 is 0. The second kappa shape index (κ2) is 8.07. The molecule has 4 rings (SSSR count). The predicted molar refractivity (Wildman–Crippen MR) is 114 cm³/mol. The molecular formula is C25H44O4. The van der Waals surface area contributed by atoms with Crippen molar-refractivity contribution < 1.29 is 20.1 Å². The molecule has 0 bridgehead atoms. The van der Waals surface area contributed by atoms with Crippen molar-refractivity contribution in [1.82, 2.24) is 0 Å². The lowest BCUT2D eigenvalue weighted by atomic mass is 9.43. The van der Waals surface area contributed by atoms with Crippen LogP contribution in [0, 0.1) is 46.3 Å². The lowest BCUT2D eigenvalue weighted by molar-refractivity contribution is -0.207. The van der Waals surface area contributed by atoms with Gasteiger partial charge in [-0.3, -0.25) is 0 Å². The first kappa shape index (κ1) is 22.0. The van der Waals surface area contributed by atoms with Gasteiger partial charge in [-0.15, -0.1) is 0 Å². The van der Waals surface area contributed by atoms with E-state index in [9.17, 15) is 15.3 Å². The Hall–Kier alpha value is -0.160. The SMILES string of the molecule is COCCCC(C)C1CCC2C3C(C[C@H](O)[C@]12C)[C@@]1(C)CC[C@@H](O)CC1C[C@H]3O. The lowest BCUT2D eigenvalue weighted by Gasteiger charge is -2.63. The molecule has 0 saturated heterocycles. The zero-order valence-corrected chi connectivity index (χ0v) is 19.0. The van der Waals surface area contributed by atoms with Crippen molar-refractivity contribution in [2.45, 2.75) is 96.9 Å². The lowest BCUT2D eigenvalue weighted by Crippen LogP contribution is -2.62. The Morgan fingerprint density at radius 3 is 2.48 bits per heavy atom. The Morgan fingerprint density at radius 2 is 1.76 bits per heavy atom. The minimum Gasteiger partial charge on any atom is -0.393 e. The van der Waals surface area contributed by atoms with Gasteiger partial charge in [0.1, 0.15) is 0 Å². The van der Waals surface area contributed by atoms with E-state index < -0.39 is 0 Å². The smallest absolute Gasteiger partial charge is 0.0602 e. The zero-order chi connectivity index (χ0) is 21.0. The van der Waals surface area contributed by atoms with Crippen LogP contribution < -0.4 is 0 Å². The number of aliphatic hydroxyl groups excluding tert-OH is 3. The Morgan fingerprint density at radius 1 is 1.00 bits per heavy atom. The maximum absolute atomic E-state index is 11.6. The third-order valence-corrected chi connectivity index (χ3v) is 10.5. The van der Waals surface area contributed by atoms with Crippen LogP contribution in [0.25, 0.3) is 0 Å². The molecule has 168 valence electrons. The first-order valence-corrected chi connectivity index (χ1v) is 12.3. The molecule has 0 amide bonds. The highest BCUT2D eigenvalue weighted by Crippen LogP contribution is 2.68. The molecule has 6 unspecified atom stereocenters. The summed E-state index contributed by atoms with van der Waals surface area (Å²) in [6.07, 6.45) is 8.23. The molecule has 29 heavy (non-hydrogen) atoms. The van der Waals surface area contributed by atoms with E-state index >= 15 is 0 Å². The van der Waals surface area contributed by atoms with Crippen LogP contribution in [0.3, 0.4) is 0 Å². The van der Waals surface area contributed by atoms with Crippen LogP contribution >= 0.6 is 0 Å². The largest absolute Gasteiger partial charge is 0.393 e. The van der Waals surface area contributed by atoms with Gasteiger partial charge in [-0.25, -0.2) is 0 Å². The molecule has 4 aliphatic carbocycles. The van der Waals surface area contributed by atoms with E-state index in [-0.39, 0.29) is 29.1 Å². The summed E-state index contributed by atoms with van der Waals surface area (Å²) in [5.74, 6) is 2.64. The van der Waals surface area contributed by atoms with Crippen molar-refractivity contribution >= 4 is 0 Å². The van der Waals surface area contributed by atoms with Crippen LogP contribution in [0.1, 0.15) is 78.6 Å². The topological polar surface area (TPSA) is 69.9 Å². The number of methoxy groups -OCH3 is 1. The normalized spacial score (nSPS) is 53.1. The summed E-state index contributed by atoms with van der Waals surface area (Å²) in [6, 6.07) is 0. The van der Waals surface area contributed by atoms with Gasteiger partial charge in [0.05, 0.1) is 18.3 Å². The summed E-state index contributed by atoms with van der Waals surface area (Å²) in [7, 11) is 1.77. The predicted octanol–water partition coefficient (Wildman–Crippen LogP) is 4.01. The Bertz CT molecular complexity index is 581. The molecule has 4 fully saturated rings. The number of hydrogen-bond acceptors (Lipinski definition) is 4. The van der Waals surface area contributed by atoms with Crippen LogP contribution in [0.5, 0.6) is 0 Å². The highest BCUT2D eigenvalue weighted by Gasteiger charge is 2.65. The van der Waals surface area contributed by atoms with E-state index in [4.69, 9.17) is 4.74 Å². The molecule has 11 atom stereocenters. The van der Waals surface area contributed by atoms with Gasteiger partial charge in [0.2, 0.25) is 0 Å². The van der Waals surface area contributed by atoms with E-state index in [1.54, 1.807) is 7.11 Å². The van der Waals surface area contributed by atoms with Crippen LogP contribution in [0.15, 0.2) is 0 Å². The second-order valence-electron chi connectivity index (χ2n) is 11.6. The van der Waals surface area contributed by atoms with Crippen LogP contribution in [0.4, 0.5) is 0 Å². The molecule has 0 heterocycles. The Labute approximate surface area is 177 Å². The van der Waals surface area contributed by atoms with Crippen molar-refractivity contribution in [3.8, 4) is 0 Å². The quantitative estimate of drug-likeness (QED) is 0.601. The van der Waals surface area contributed by atoms with Gasteiger partial charge in [-0.2, -0.15) is 0 Å². The summed E-state index contributed by atoms with van der Waals surface area (Å²) in [6.45, 7) is 7.93. The zero-order valence-electron chi connectivity index (χ0n) is 19.0. The molecular weight excluding hydrogens is 364 g/mol. The first-order chi connectivity index (χ1) is 13.7. The summed E-state index contributed by atoms with van der Waals surface area (Å²) in [4.78, 5) is 0.